The number of urea groups is 1. The van der Waals surface area contributed by atoms with Crippen molar-refractivity contribution in [2.24, 2.45) is 5.92 Å². The second kappa shape index (κ2) is 6.15. The molecule has 1 fully saturated rings. The monoisotopic (exact) mass is 319 g/mol. The molecule has 0 spiro atoms. The molecule has 0 saturated carbocycles. The lowest BCUT2D eigenvalue weighted by molar-refractivity contribution is -0.385. The van der Waals surface area contributed by atoms with Gasteiger partial charge in [0.05, 0.1) is 11.5 Å². The lowest BCUT2D eigenvalue weighted by Gasteiger charge is -2.17. The molecule has 4 amide bonds. The van der Waals surface area contributed by atoms with Gasteiger partial charge in [-0.25, -0.2) is 4.79 Å². The number of imide groups is 2. The van der Waals surface area contributed by atoms with Crippen LogP contribution in [0.4, 0.5) is 10.5 Å². The summed E-state index contributed by atoms with van der Waals surface area (Å²) in [6.45, 7) is 5.21. The van der Waals surface area contributed by atoms with E-state index >= 15 is 0 Å². The van der Waals surface area contributed by atoms with Crippen LogP contribution < -0.4 is 0 Å². The number of nitrogens with zero attached hydrogens (tertiary/aromatic N) is 3. The molecular weight excluding hydrogens is 302 g/mol. The minimum Gasteiger partial charge on any atom is -0.263 e. The van der Waals surface area contributed by atoms with E-state index in [0.717, 1.165) is 9.80 Å². The third-order valence-corrected chi connectivity index (χ3v) is 3.63. The molecule has 0 atom stereocenters. The Morgan fingerprint density at radius 3 is 2.30 bits per heavy atom. The molecule has 0 radical (unpaired) electrons. The molecule has 0 aliphatic carbocycles. The Morgan fingerprint density at radius 1 is 1.13 bits per heavy atom. The van der Waals surface area contributed by atoms with Gasteiger partial charge >= 0.3 is 17.8 Å². The fraction of sp³-hybridized carbons (Fsp3) is 0.400. The summed E-state index contributed by atoms with van der Waals surface area (Å²) in [5.41, 5.74) is 0.736. The normalized spacial score (nSPS) is 15.0. The molecule has 8 nitrogen and oxygen atoms in total. The Balaban J connectivity index is 2.29. The molecule has 1 heterocycles. The Kier molecular flexibility index (Phi) is 4.44. The summed E-state index contributed by atoms with van der Waals surface area (Å²) in [4.78, 5) is 48.4. The van der Waals surface area contributed by atoms with Gasteiger partial charge in [-0.05, 0) is 18.4 Å². The third kappa shape index (κ3) is 3.05. The first kappa shape index (κ1) is 16.6. The number of nitro benzene ring substituents is 1. The number of carbonyl (C=O) groups excluding carboxylic acids is 3. The summed E-state index contributed by atoms with van der Waals surface area (Å²) in [5, 5.41) is 11.0. The number of nitro groups is 1. The number of amides is 4. The van der Waals surface area contributed by atoms with Gasteiger partial charge in [0.2, 0.25) is 0 Å². The second-order valence-corrected chi connectivity index (χ2v) is 5.80. The highest BCUT2D eigenvalue weighted by Crippen LogP contribution is 2.24. The van der Waals surface area contributed by atoms with Crippen molar-refractivity contribution >= 4 is 23.5 Å². The topological polar surface area (TPSA) is 101 Å². The van der Waals surface area contributed by atoms with Gasteiger partial charge in [-0.2, -0.15) is 0 Å². The van der Waals surface area contributed by atoms with E-state index < -0.39 is 22.8 Å². The molecular formula is C15H17N3O5. The van der Waals surface area contributed by atoms with Gasteiger partial charge in [0.25, 0.3) is 5.69 Å². The highest BCUT2D eigenvalue weighted by Gasteiger charge is 2.44. The van der Waals surface area contributed by atoms with E-state index in [2.05, 4.69) is 0 Å². The minimum atomic E-state index is -0.901. The average molecular weight is 319 g/mol. The van der Waals surface area contributed by atoms with Crippen LogP contribution in [-0.2, 0) is 16.1 Å². The van der Waals surface area contributed by atoms with Crippen LogP contribution in [-0.4, -0.2) is 39.1 Å². The maximum absolute atomic E-state index is 12.3. The first-order valence-electron chi connectivity index (χ1n) is 7.14. The minimum absolute atomic E-state index is 0.0372. The zero-order valence-electron chi connectivity index (χ0n) is 13.1. The molecule has 0 unspecified atom stereocenters. The van der Waals surface area contributed by atoms with Crippen molar-refractivity contribution in [1.82, 2.24) is 9.80 Å². The number of carbonyl (C=O) groups is 3. The lowest BCUT2D eigenvalue weighted by atomic mass is 10.1. The van der Waals surface area contributed by atoms with Gasteiger partial charge in [0.1, 0.15) is 0 Å². The molecule has 1 aromatic carbocycles. The van der Waals surface area contributed by atoms with E-state index in [9.17, 15) is 24.5 Å². The number of hydrogen-bond acceptors (Lipinski definition) is 5. The van der Waals surface area contributed by atoms with Gasteiger partial charge in [0, 0.05) is 18.2 Å². The highest BCUT2D eigenvalue weighted by atomic mass is 16.6. The van der Waals surface area contributed by atoms with Crippen LogP contribution in [0.1, 0.15) is 25.0 Å². The van der Waals surface area contributed by atoms with E-state index in [1.807, 2.05) is 13.8 Å². The van der Waals surface area contributed by atoms with Crippen LogP contribution in [0.3, 0.4) is 0 Å². The highest BCUT2D eigenvalue weighted by molar-refractivity contribution is 6.44. The molecule has 2 rings (SSSR count). The van der Waals surface area contributed by atoms with Crippen LogP contribution in [0.15, 0.2) is 18.2 Å². The van der Waals surface area contributed by atoms with Gasteiger partial charge in [0.15, 0.2) is 0 Å². The lowest BCUT2D eigenvalue weighted by Crippen LogP contribution is -2.35. The summed E-state index contributed by atoms with van der Waals surface area (Å²) < 4.78 is 0. The van der Waals surface area contributed by atoms with Crippen LogP contribution >= 0.6 is 0 Å². The Morgan fingerprint density at radius 2 is 1.74 bits per heavy atom. The van der Waals surface area contributed by atoms with E-state index in [1.54, 1.807) is 13.0 Å². The predicted octanol–water partition coefficient (Wildman–Crippen LogP) is 1.85. The van der Waals surface area contributed by atoms with Crippen molar-refractivity contribution < 1.29 is 19.3 Å². The van der Waals surface area contributed by atoms with Crippen molar-refractivity contribution in [3.63, 3.8) is 0 Å². The molecule has 1 aliphatic heterocycles. The summed E-state index contributed by atoms with van der Waals surface area (Å²) in [5.74, 6) is -1.72. The van der Waals surface area contributed by atoms with E-state index in [1.165, 1.54) is 12.1 Å². The molecule has 0 bridgehead atoms. The number of rotatable bonds is 5. The quantitative estimate of drug-likeness (QED) is 0.357. The largest absolute Gasteiger partial charge is 0.334 e. The Labute approximate surface area is 132 Å². The molecule has 8 heteroatoms. The summed E-state index contributed by atoms with van der Waals surface area (Å²) in [7, 11) is 0. The maximum Gasteiger partial charge on any atom is 0.334 e. The second-order valence-electron chi connectivity index (χ2n) is 5.80. The standard InChI is InChI=1S/C15H17N3O5/c1-9(2)7-16-13(19)14(20)17(15(16)21)8-11-5-4-6-12(10(11)3)18(22)23/h4-6,9H,7-8H2,1-3H3. The summed E-state index contributed by atoms with van der Waals surface area (Å²) in [6.07, 6.45) is 0. The number of hydrogen-bond donors (Lipinski definition) is 0. The Bertz CT molecular complexity index is 698. The third-order valence-electron chi connectivity index (χ3n) is 3.63. The van der Waals surface area contributed by atoms with E-state index in [0.29, 0.717) is 11.1 Å². The van der Waals surface area contributed by atoms with Gasteiger partial charge in [-0.1, -0.05) is 26.0 Å². The molecule has 23 heavy (non-hydrogen) atoms. The first-order chi connectivity index (χ1) is 10.7. The van der Waals surface area contributed by atoms with Crippen molar-refractivity contribution in [2.75, 3.05) is 6.54 Å². The summed E-state index contributed by atoms with van der Waals surface area (Å²) in [6, 6.07) is 3.75. The van der Waals surface area contributed by atoms with E-state index in [4.69, 9.17) is 0 Å². The molecule has 1 aromatic rings. The van der Waals surface area contributed by atoms with Crippen molar-refractivity contribution in [3.05, 3.63) is 39.4 Å². The smallest absolute Gasteiger partial charge is 0.263 e. The molecule has 1 aliphatic rings. The fourth-order valence-electron chi connectivity index (χ4n) is 2.43. The zero-order valence-corrected chi connectivity index (χ0v) is 13.1. The van der Waals surface area contributed by atoms with E-state index in [-0.39, 0.29) is 24.7 Å². The molecule has 122 valence electrons. The Hall–Kier alpha value is -2.77. The fourth-order valence-corrected chi connectivity index (χ4v) is 2.43. The number of benzene rings is 1. The summed E-state index contributed by atoms with van der Waals surface area (Å²) >= 11 is 0. The van der Waals surface area contributed by atoms with Crippen LogP contribution in [0.5, 0.6) is 0 Å². The average Bonchev–Trinajstić information content (AvgIpc) is 2.66. The maximum atomic E-state index is 12.3. The van der Waals surface area contributed by atoms with Gasteiger partial charge in [-0.3, -0.25) is 29.5 Å². The molecule has 0 N–H and O–H groups in total. The SMILES string of the molecule is Cc1c(CN2C(=O)C(=O)N(CC(C)C)C2=O)cccc1[N+](=O)[O-]. The van der Waals surface area contributed by atoms with Gasteiger partial charge < -0.3 is 0 Å². The van der Waals surface area contributed by atoms with Crippen molar-refractivity contribution in [3.8, 4) is 0 Å². The van der Waals surface area contributed by atoms with Crippen LogP contribution in [0.2, 0.25) is 0 Å². The molecule has 1 saturated heterocycles. The first-order valence-corrected chi connectivity index (χ1v) is 7.14. The van der Waals surface area contributed by atoms with Crippen molar-refractivity contribution in [2.45, 2.75) is 27.3 Å². The van der Waals surface area contributed by atoms with Crippen molar-refractivity contribution in [1.29, 1.82) is 0 Å². The zero-order chi connectivity index (χ0) is 17.3. The molecule has 0 aromatic heterocycles. The van der Waals surface area contributed by atoms with Gasteiger partial charge in [-0.15, -0.1) is 0 Å². The predicted molar refractivity (Wildman–Crippen MR) is 80.3 cm³/mol. The van der Waals surface area contributed by atoms with Crippen LogP contribution in [0, 0.1) is 23.0 Å². The van der Waals surface area contributed by atoms with Crippen LogP contribution in [0.25, 0.3) is 0 Å².